The van der Waals surface area contributed by atoms with Gasteiger partial charge in [-0.2, -0.15) is 0 Å². The fourth-order valence-corrected chi connectivity index (χ4v) is 2.39. The first-order chi connectivity index (χ1) is 11.5. The van der Waals surface area contributed by atoms with Gasteiger partial charge in [0.15, 0.2) is 0 Å². The van der Waals surface area contributed by atoms with Crippen LogP contribution in [0.3, 0.4) is 0 Å². The maximum atomic E-state index is 11.8. The maximum absolute atomic E-state index is 11.8. The lowest BCUT2D eigenvalue weighted by atomic mass is 10.1. The Morgan fingerprint density at radius 1 is 1.00 bits per heavy atom. The number of ether oxygens (including phenoxy) is 1. The molecule has 0 spiro atoms. The average molecular weight is 347 g/mol. The van der Waals surface area contributed by atoms with E-state index >= 15 is 0 Å². The monoisotopic (exact) mass is 346 g/mol. The minimum Gasteiger partial charge on any atom is -0.491 e. The quantitative estimate of drug-likeness (QED) is 0.772. The van der Waals surface area contributed by atoms with Gasteiger partial charge in [0.05, 0.1) is 6.54 Å². The molecule has 0 bridgehead atoms. The molecular weight excluding hydrogens is 324 g/mol. The van der Waals surface area contributed by atoms with Crippen molar-refractivity contribution in [3.8, 4) is 5.75 Å². The van der Waals surface area contributed by atoms with E-state index in [1.807, 2.05) is 25.1 Å². The largest absolute Gasteiger partial charge is 0.491 e. The molecule has 5 heteroatoms. The molecule has 0 aliphatic carbocycles. The number of nitrogens with one attached hydrogen (secondary N) is 2. The molecule has 0 heterocycles. The normalized spacial score (nSPS) is 10.3. The minimum absolute atomic E-state index is 0.217. The zero-order chi connectivity index (χ0) is 17.5. The van der Waals surface area contributed by atoms with Gasteiger partial charge in [0.1, 0.15) is 12.4 Å². The van der Waals surface area contributed by atoms with Gasteiger partial charge in [-0.3, -0.25) is 0 Å². The van der Waals surface area contributed by atoms with Gasteiger partial charge in [0.25, 0.3) is 0 Å². The van der Waals surface area contributed by atoms with Gasteiger partial charge in [0.2, 0.25) is 0 Å². The number of rotatable bonds is 6. The Morgan fingerprint density at radius 2 is 1.67 bits per heavy atom. The molecular formula is C19H23ClN2O2. The molecule has 2 rings (SSSR count). The summed E-state index contributed by atoms with van der Waals surface area (Å²) in [4.78, 5) is 11.8. The van der Waals surface area contributed by atoms with E-state index in [0.717, 1.165) is 16.9 Å². The SMILES string of the molecule is Cc1cc(C)c(OCCNC(=O)NCc2ccc(Cl)cc2)cc1C. The zero-order valence-corrected chi connectivity index (χ0v) is 15.0. The Kier molecular flexibility index (Phi) is 6.50. The van der Waals surface area contributed by atoms with Crippen LogP contribution < -0.4 is 15.4 Å². The minimum atomic E-state index is -0.217. The third-order valence-corrected chi connectivity index (χ3v) is 4.05. The molecule has 0 saturated carbocycles. The smallest absolute Gasteiger partial charge is 0.315 e. The highest BCUT2D eigenvalue weighted by atomic mass is 35.5. The third kappa shape index (κ3) is 5.46. The van der Waals surface area contributed by atoms with Crippen molar-refractivity contribution in [2.45, 2.75) is 27.3 Å². The van der Waals surface area contributed by atoms with E-state index in [4.69, 9.17) is 16.3 Å². The number of amides is 2. The topological polar surface area (TPSA) is 50.4 Å². The van der Waals surface area contributed by atoms with Crippen LogP contribution in [-0.2, 0) is 6.54 Å². The third-order valence-electron chi connectivity index (χ3n) is 3.80. The van der Waals surface area contributed by atoms with Crippen LogP contribution in [0.5, 0.6) is 5.75 Å². The maximum Gasteiger partial charge on any atom is 0.315 e. The molecule has 24 heavy (non-hydrogen) atoms. The van der Waals surface area contributed by atoms with E-state index in [2.05, 4.69) is 30.5 Å². The Morgan fingerprint density at radius 3 is 2.38 bits per heavy atom. The molecule has 0 radical (unpaired) electrons. The van der Waals surface area contributed by atoms with Crippen LogP contribution in [-0.4, -0.2) is 19.2 Å². The summed E-state index contributed by atoms with van der Waals surface area (Å²) in [7, 11) is 0. The molecule has 4 nitrogen and oxygen atoms in total. The van der Waals surface area contributed by atoms with E-state index in [1.165, 1.54) is 11.1 Å². The zero-order valence-electron chi connectivity index (χ0n) is 14.3. The van der Waals surface area contributed by atoms with Crippen molar-refractivity contribution in [2.75, 3.05) is 13.2 Å². The molecule has 0 fully saturated rings. The Balaban J connectivity index is 1.69. The molecule has 0 saturated heterocycles. The van der Waals surface area contributed by atoms with Crippen LogP contribution in [0.25, 0.3) is 0 Å². The number of hydrogen-bond acceptors (Lipinski definition) is 2. The first-order valence-electron chi connectivity index (χ1n) is 7.92. The van der Waals surface area contributed by atoms with Gasteiger partial charge in [-0.1, -0.05) is 29.8 Å². The lowest BCUT2D eigenvalue weighted by Crippen LogP contribution is -2.37. The van der Waals surface area contributed by atoms with Gasteiger partial charge in [-0.05, 0) is 61.2 Å². The summed E-state index contributed by atoms with van der Waals surface area (Å²) in [5.41, 5.74) is 4.55. The van der Waals surface area contributed by atoms with Crippen molar-refractivity contribution in [3.05, 3.63) is 63.7 Å². The lowest BCUT2D eigenvalue weighted by molar-refractivity contribution is 0.236. The van der Waals surface area contributed by atoms with Crippen LogP contribution in [0.2, 0.25) is 5.02 Å². The summed E-state index contributed by atoms with van der Waals surface area (Å²) >= 11 is 5.83. The molecule has 0 unspecified atom stereocenters. The van der Waals surface area contributed by atoms with Gasteiger partial charge in [-0.25, -0.2) is 4.79 Å². The van der Waals surface area contributed by atoms with Crippen LogP contribution in [0.4, 0.5) is 4.79 Å². The summed E-state index contributed by atoms with van der Waals surface area (Å²) in [5.74, 6) is 0.862. The molecule has 2 amide bonds. The molecule has 2 N–H and O–H groups in total. The van der Waals surface area contributed by atoms with Gasteiger partial charge in [0, 0.05) is 11.6 Å². The number of benzene rings is 2. The van der Waals surface area contributed by atoms with Crippen molar-refractivity contribution >= 4 is 17.6 Å². The van der Waals surface area contributed by atoms with E-state index in [-0.39, 0.29) is 6.03 Å². The van der Waals surface area contributed by atoms with E-state index in [1.54, 1.807) is 12.1 Å². The summed E-state index contributed by atoms with van der Waals surface area (Å²) in [6.07, 6.45) is 0. The van der Waals surface area contributed by atoms with Crippen LogP contribution >= 0.6 is 11.6 Å². The number of urea groups is 1. The van der Waals surface area contributed by atoms with Crippen molar-refractivity contribution < 1.29 is 9.53 Å². The first-order valence-corrected chi connectivity index (χ1v) is 8.30. The molecule has 128 valence electrons. The predicted octanol–water partition coefficient (Wildman–Crippen LogP) is 4.14. The first kappa shape index (κ1) is 18.1. The molecule has 2 aromatic carbocycles. The molecule has 0 aliphatic heterocycles. The number of hydrogen-bond donors (Lipinski definition) is 2. The Bertz CT molecular complexity index is 699. The summed E-state index contributed by atoms with van der Waals surface area (Å²) in [6.45, 7) is 7.49. The van der Waals surface area contributed by atoms with Crippen molar-refractivity contribution in [3.63, 3.8) is 0 Å². The van der Waals surface area contributed by atoms with Crippen molar-refractivity contribution in [1.29, 1.82) is 0 Å². The van der Waals surface area contributed by atoms with Crippen molar-refractivity contribution in [1.82, 2.24) is 10.6 Å². The highest BCUT2D eigenvalue weighted by Gasteiger charge is 2.04. The molecule has 0 aromatic heterocycles. The van der Waals surface area contributed by atoms with E-state index in [9.17, 15) is 4.79 Å². The fraction of sp³-hybridized carbons (Fsp3) is 0.316. The van der Waals surface area contributed by atoms with Crippen molar-refractivity contribution in [2.24, 2.45) is 0 Å². The summed E-state index contributed by atoms with van der Waals surface area (Å²) < 4.78 is 5.74. The second kappa shape index (κ2) is 8.60. The molecule has 2 aromatic rings. The average Bonchev–Trinajstić information content (AvgIpc) is 2.55. The van der Waals surface area contributed by atoms with E-state index in [0.29, 0.717) is 24.7 Å². The van der Waals surface area contributed by atoms with Crippen LogP contribution in [0.1, 0.15) is 22.3 Å². The standard InChI is InChI=1S/C19H23ClN2O2/c1-13-10-15(3)18(11-14(13)2)24-9-8-21-19(23)22-12-16-4-6-17(20)7-5-16/h4-7,10-11H,8-9,12H2,1-3H3,(H2,21,22,23). The number of halogens is 1. The summed E-state index contributed by atoms with van der Waals surface area (Å²) in [6, 6.07) is 11.3. The highest BCUT2D eigenvalue weighted by molar-refractivity contribution is 6.30. The van der Waals surface area contributed by atoms with Gasteiger partial charge < -0.3 is 15.4 Å². The predicted molar refractivity (Wildman–Crippen MR) is 97.8 cm³/mol. The van der Waals surface area contributed by atoms with E-state index < -0.39 is 0 Å². The number of aryl methyl sites for hydroxylation is 3. The number of carbonyl (C=O) groups is 1. The summed E-state index contributed by atoms with van der Waals surface area (Å²) in [5, 5.41) is 6.26. The highest BCUT2D eigenvalue weighted by Crippen LogP contribution is 2.22. The second-order valence-corrected chi connectivity index (χ2v) is 6.22. The van der Waals surface area contributed by atoms with Crippen LogP contribution in [0, 0.1) is 20.8 Å². The van der Waals surface area contributed by atoms with Gasteiger partial charge >= 0.3 is 6.03 Å². The van der Waals surface area contributed by atoms with Gasteiger partial charge in [-0.15, -0.1) is 0 Å². The Labute approximate surface area is 148 Å². The molecule has 0 atom stereocenters. The molecule has 0 aliphatic rings. The number of carbonyl (C=O) groups excluding carboxylic acids is 1. The fourth-order valence-electron chi connectivity index (χ4n) is 2.26. The lowest BCUT2D eigenvalue weighted by Gasteiger charge is -2.12. The van der Waals surface area contributed by atoms with Crippen LogP contribution in [0.15, 0.2) is 36.4 Å². The second-order valence-electron chi connectivity index (χ2n) is 5.79. The Hall–Kier alpha value is -2.20.